The summed E-state index contributed by atoms with van der Waals surface area (Å²) in [6.07, 6.45) is 1.12. The van der Waals surface area contributed by atoms with Crippen LogP contribution >= 0.6 is 0 Å². The number of hydrogen-bond acceptors (Lipinski definition) is 3. The Balaban J connectivity index is 1.70. The Bertz CT molecular complexity index is 554. The molecule has 0 saturated carbocycles. The fourth-order valence-electron chi connectivity index (χ4n) is 1.85. The molecule has 1 heterocycles. The van der Waals surface area contributed by atoms with Crippen LogP contribution in [0, 0.1) is 0 Å². The van der Waals surface area contributed by atoms with Gasteiger partial charge in [0.2, 0.25) is 0 Å². The van der Waals surface area contributed by atoms with Gasteiger partial charge in [0, 0.05) is 5.56 Å². The molecule has 3 nitrogen and oxygen atoms in total. The standard InChI is InChI=1S/C16H14O3/c17-9-12-1-3-13(4-2-12)14-5-7-15(8-6-14)18-10-16-11-19-16/h1-9,16H,10-11H2. The van der Waals surface area contributed by atoms with Gasteiger partial charge in [-0.15, -0.1) is 0 Å². The fraction of sp³-hybridized carbons (Fsp3) is 0.188. The minimum absolute atomic E-state index is 0.274. The molecule has 1 aliphatic rings. The van der Waals surface area contributed by atoms with E-state index < -0.39 is 0 Å². The molecule has 96 valence electrons. The van der Waals surface area contributed by atoms with Crippen LogP contribution < -0.4 is 4.74 Å². The van der Waals surface area contributed by atoms with Crippen LogP contribution in [0.2, 0.25) is 0 Å². The van der Waals surface area contributed by atoms with Crippen LogP contribution in [0.3, 0.4) is 0 Å². The summed E-state index contributed by atoms with van der Waals surface area (Å²) in [6.45, 7) is 1.43. The van der Waals surface area contributed by atoms with E-state index >= 15 is 0 Å². The summed E-state index contributed by atoms with van der Waals surface area (Å²) >= 11 is 0. The molecule has 2 aromatic carbocycles. The molecule has 3 heteroatoms. The summed E-state index contributed by atoms with van der Waals surface area (Å²) in [6, 6.07) is 15.4. The summed E-state index contributed by atoms with van der Waals surface area (Å²) in [5, 5.41) is 0. The average Bonchev–Trinajstić information content (AvgIpc) is 3.30. The Morgan fingerprint density at radius 2 is 1.63 bits per heavy atom. The predicted octanol–water partition coefficient (Wildman–Crippen LogP) is 2.94. The molecule has 0 aromatic heterocycles. The number of carbonyl (C=O) groups excluding carboxylic acids is 1. The van der Waals surface area contributed by atoms with E-state index in [0.717, 1.165) is 29.8 Å². The third-order valence-corrected chi connectivity index (χ3v) is 3.07. The lowest BCUT2D eigenvalue weighted by Gasteiger charge is -2.06. The highest BCUT2D eigenvalue weighted by Gasteiger charge is 2.22. The third kappa shape index (κ3) is 3.01. The Morgan fingerprint density at radius 3 is 2.16 bits per heavy atom. The molecular weight excluding hydrogens is 240 g/mol. The molecule has 0 amide bonds. The number of aldehydes is 1. The van der Waals surface area contributed by atoms with E-state index in [4.69, 9.17) is 9.47 Å². The second kappa shape index (κ2) is 5.24. The van der Waals surface area contributed by atoms with Crippen molar-refractivity contribution in [1.82, 2.24) is 0 Å². The number of hydrogen-bond donors (Lipinski definition) is 0. The zero-order valence-electron chi connectivity index (χ0n) is 10.4. The van der Waals surface area contributed by atoms with E-state index in [-0.39, 0.29) is 6.10 Å². The summed E-state index contributed by atoms with van der Waals surface area (Å²) < 4.78 is 10.7. The first-order chi connectivity index (χ1) is 9.35. The SMILES string of the molecule is O=Cc1ccc(-c2ccc(OCC3CO3)cc2)cc1. The first kappa shape index (κ1) is 11.9. The second-order valence-electron chi connectivity index (χ2n) is 4.53. The van der Waals surface area contributed by atoms with Crippen LogP contribution in [-0.2, 0) is 4.74 Å². The molecule has 19 heavy (non-hydrogen) atoms. The average molecular weight is 254 g/mol. The Morgan fingerprint density at radius 1 is 1.05 bits per heavy atom. The lowest BCUT2D eigenvalue weighted by molar-refractivity contribution is 0.112. The van der Waals surface area contributed by atoms with Crippen LogP contribution in [-0.4, -0.2) is 25.6 Å². The highest BCUT2D eigenvalue weighted by atomic mass is 16.6. The van der Waals surface area contributed by atoms with Crippen molar-refractivity contribution in [3.05, 3.63) is 54.1 Å². The van der Waals surface area contributed by atoms with Crippen LogP contribution in [0.25, 0.3) is 11.1 Å². The quantitative estimate of drug-likeness (QED) is 0.608. The molecule has 0 aliphatic carbocycles. The molecule has 0 N–H and O–H groups in total. The van der Waals surface area contributed by atoms with E-state index in [2.05, 4.69) is 0 Å². The minimum Gasteiger partial charge on any atom is -0.491 e. The maximum absolute atomic E-state index is 10.6. The zero-order chi connectivity index (χ0) is 13.1. The minimum atomic E-state index is 0.274. The predicted molar refractivity (Wildman–Crippen MR) is 72.5 cm³/mol. The van der Waals surface area contributed by atoms with Crippen LogP contribution in [0.4, 0.5) is 0 Å². The number of ether oxygens (including phenoxy) is 2. The number of rotatable bonds is 5. The smallest absolute Gasteiger partial charge is 0.150 e. The van der Waals surface area contributed by atoms with Gasteiger partial charge in [0.05, 0.1) is 6.61 Å². The van der Waals surface area contributed by atoms with Gasteiger partial charge in [0.15, 0.2) is 0 Å². The van der Waals surface area contributed by atoms with Gasteiger partial charge in [0.25, 0.3) is 0 Å². The summed E-state index contributed by atoms with van der Waals surface area (Å²) in [5.41, 5.74) is 2.88. The molecule has 0 spiro atoms. The molecule has 1 aliphatic heterocycles. The highest BCUT2D eigenvalue weighted by molar-refractivity contribution is 5.76. The maximum Gasteiger partial charge on any atom is 0.150 e. The van der Waals surface area contributed by atoms with E-state index in [0.29, 0.717) is 12.2 Å². The largest absolute Gasteiger partial charge is 0.491 e. The lowest BCUT2D eigenvalue weighted by Crippen LogP contribution is -2.03. The first-order valence-electron chi connectivity index (χ1n) is 6.25. The van der Waals surface area contributed by atoms with Gasteiger partial charge in [-0.1, -0.05) is 36.4 Å². The van der Waals surface area contributed by atoms with E-state index in [1.807, 2.05) is 48.5 Å². The van der Waals surface area contributed by atoms with Crippen LogP contribution in [0.5, 0.6) is 5.75 Å². The van der Waals surface area contributed by atoms with E-state index in [9.17, 15) is 4.79 Å². The molecule has 1 atom stereocenters. The number of carbonyl (C=O) groups is 1. The van der Waals surface area contributed by atoms with Gasteiger partial charge in [-0.05, 0) is 23.3 Å². The van der Waals surface area contributed by atoms with Crippen molar-refractivity contribution >= 4 is 6.29 Å². The normalized spacial score (nSPS) is 16.9. The van der Waals surface area contributed by atoms with E-state index in [1.54, 1.807) is 0 Å². The van der Waals surface area contributed by atoms with Crippen molar-refractivity contribution in [2.24, 2.45) is 0 Å². The monoisotopic (exact) mass is 254 g/mol. The van der Waals surface area contributed by atoms with Gasteiger partial charge in [-0.2, -0.15) is 0 Å². The maximum atomic E-state index is 10.6. The Kier molecular flexibility index (Phi) is 3.29. The Labute approximate surface area is 111 Å². The van der Waals surface area contributed by atoms with Crippen molar-refractivity contribution in [3.63, 3.8) is 0 Å². The van der Waals surface area contributed by atoms with Crippen molar-refractivity contribution in [1.29, 1.82) is 0 Å². The molecule has 2 aromatic rings. The van der Waals surface area contributed by atoms with Crippen LogP contribution in [0.15, 0.2) is 48.5 Å². The summed E-state index contributed by atoms with van der Waals surface area (Å²) in [7, 11) is 0. The molecule has 3 rings (SSSR count). The van der Waals surface area contributed by atoms with Gasteiger partial charge in [-0.25, -0.2) is 0 Å². The second-order valence-corrected chi connectivity index (χ2v) is 4.53. The topological polar surface area (TPSA) is 38.8 Å². The number of benzene rings is 2. The summed E-state index contributed by atoms with van der Waals surface area (Å²) in [5.74, 6) is 0.851. The molecule has 1 unspecified atom stereocenters. The first-order valence-corrected chi connectivity index (χ1v) is 6.25. The molecule has 1 fully saturated rings. The molecule has 0 radical (unpaired) electrons. The zero-order valence-corrected chi connectivity index (χ0v) is 10.4. The van der Waals surface area contributed by atoms with Gasteiger partial charge >= 0.3 is 0 Å². The summed E-state index contributed by atoms with van der Waals surface area (Å²) in [4.78, 5) is 10.6. The third-order valence-electron chi connectivity index (χ3n) is 3.07. The van der Waals surface area contributed by atoms with Gasteiger partial charge in [-0.3, -0.25) is 4.79 Å². The van der Waals surface area contributed by atoms with Crippen LogP contribution in [0.1, 0.15) is 10.4 Å². The molecule has 1 saturated heterocycles. The van der Waals surface area contributed by atoms with Crippen molar-refractivity contribution < 1.29 is 14.3 Å². The molecular formula is C16H14O3. The van der Waals surface area contributed by atoms with Crippen molar-refractivity contribution in [2.75, 3.05) is 13.2 Å². The van der Waals surface area contributed by atoms with Gasteiger partial charge < -0.3 is 9.47 Å². The van der Waals surface area contributed by atoms with Crippen molar-refractivity contribution in [2.45, 2.75) is 6.10 Å². The van der Waals surface area contributed by atoms with Gasteiger partial charge in [0.1, 0.15) is 24.7 Å². The molecule has 0 bridgehead atoms. The lowest BCUT2D eigenvalue weighted by atomic mass is 10.0. The Hall–Kier alpha value is -2.13. The van der Waals surface area contributed by atoms with E-state index in [1.165, 1.54) is 0 Å². The highest BCUT2D eigenvalue weighted by Crippen LogP contribution is 2.23. The van der Waals surface area contributed by atoms with Crippen molar-refractivity contribution in [3.8, 4) is 16.9 Å². The fourth-order valence-corrected chi connectivity index (χ4v) is 1.85. The number of epoxide rings is 1.